The van der Waals surface area contributed by atoms with Gasteiger partial charge in [-0.3, -0.25) is 0 Å². The van der Waals surface area contributed by atoms with Crippen LogP contribution < -0.4 is 0 Å². The third-order valence-corrected chi connectivity index (χ3v) is 13.7. The van der Waals surface area contributed by atoms with Crippen LogP contribution in [0.4, 0.5) is 0 Å². The molecule has 0 aromatic rings. The predicted octanol–water partition coefficient (Wildman–Crippen LogP) is 8.56. The van der Waals surface area contributed by atoms with Gasteiger partial charge in [0, 0.05) is 0 Å². The number of hydrogen-bond acceptors (Lipinski definition) is 1. The van der Waals surface area contributed by atoms with Crippen LogP contribution >= 0.6 is 0 Å². The summed E-state index contributed by atoms with van der Waals surface area (Å²) in [5, 5.41) is 10.9. The number of allylic oxidation sites excluding steroid dienone is 2. The molecule has 5 aliphatic carbocycles. The van der Waals surface area contributed by atoms with Crippen molar-refractivity contribution in [2.75, 3.05) is 0 Å². The van der Waals surface area contributed by atoms with E-state index < -0.39 is 0 Å². The second-order valence-electron chi connectivity index (χ2n) is 14.8. The maximum absolute atomic E-state index is 10.9. The van der Waals surface area contributed by atoms with Gasteiger partial charge in [0.25, 0.3) is 0 Å². The SMILES string of the molecule is CC(C)=C(C)CC[C@H](C)[C@@H]1CC[C@]2(C)[C@H]3CC[C@H]4C(C)(C)[C@@H](O)CC[C@@]45C[C@@]35CC[C@@]12C. The van der Waals surface area contributed by atoms with E-state index in [0.717, 1.165) is 30.1 Å². The molecule has 1 heteroatoms. The highest BCUT2D eigenvalue weighted by atomic mass is 16.3. The highest BCUT2D eigenvalue weighted by Gasteiger charge is 2.82. The van der Waals surface area contributed by atoms with Gasteiger partial charge in [0.15, 0.2) is 0 Å². The standard InChI is InChI=1S/C31H52O/c1-20(2)21(3)9-10-22(4)23-13-15-29(8)25-12-11-24-27(5,6)26(32)14-16-30(24)19-31(25,30)18-17-28(23,29)7/h22-26,32H,9-19H2,1-8H3/t22-,23-,24-,25+,26-,28-,29+,30+,31-/m0/s1. The van der Waals surface area contributed by atoms with Gasteiger partial charge >= 0.3 is 0 Å². The molecule has 1 N–H and O–H groups in total. The third-order valence-electron chi connectivity index (χ3n) is 13.7. The van der Waals surface area contributed by atoms with Crippen LogP contribution in [-0.4, -0.2) is 11.2 Å². The average molecular weight is 441 g/mol. The summed E-state index contributed by atoms with van der Waals surface area (Å²) in [6.45, 7) is 19.8. The van der Waals surface area contributed by atoms with Gasteiger partial charge in [-0.25, -0.2) is 0 Å². The number of fused-ring (bicyclic) bond motifs is 2. The smallest absolute Gasteiger partial charge is 0.0594 e. The van der Waals surface area contributed by atoms with Gasteiger partial charge in [0.1, 0.15) is 0 Å². The molecule has 9 atom stereocenters. The van der Waals surface area contributed by atoms with E-state index in [1.54, 1.807) is 5.57 Å². The molecule has 2 spiro atoms. The van der Waals surface area contributed by atoms with Gasteiger partial charge < -0.3 is 5.11 Å². The summed E-state index contributed by atoms with van der Waals surface area (Å²) in [5.74, 6) is 3.45. The zero-order chi connectivity index (χ0) is 23.3. The first-order chi connectivity index (χ1) is 14.9. The largest absolute Gasteiger partial charge is 0.393 e. The van der Waals surface area contributed by atoms with Crippen LogP contribution in [0.1, 0.15) is 126 Å². The van der Waals surface area contributed by atoms with E-state index in [9.17, 15) is 5.11 Å². The molecule has 0 bridgehead atoms. The Morgan fingerprint density at radius 2 is 1.47 bits per heavy atom. The first kappa shape index (κ1) is 23.4. The highest BCUT2D eigenvalue weighted by Crippen LogP contribution is 2.89. The van der Waals surface area contributed by atoms with E-state index in [4.69, 9.17) is 0 Å². The van der Waals surface area contributed by atoms with Crippen molar-refractivity contribution in [2.45, 2.75) is 132 Å². The lowest BCUT2D eigenvalue weighted by molar-refractivity contribution is -0.161. The lowest BCUT2D eigenvalue weighted by atomic mass is 9.41. The molecule has 0 amide bonds. The zero-order valence-corrected chi connectivity index (χ0v) is 22.6. The molecule has 0 aromatic heterocycles. The van der Waals surface area contributed by atoms with Gasteiger partial charge in [-0.05, 0) is 142 Å². The molecule has 5 fully saturated rings. The Kier molecular flexibility index (Phi) is 5.21. The Bertz CT molecular complexity index is 803. The molecule has 5 rings (SSSR count). The minimum Gasteiger partial charge on any atom is -0.393 e. The summed E-state index contributed by atoms with van der Waals surface area (Å²) < 4.78 is 0. The molecule has 0 unspecified atom stereocenters. The first-order valence-electron chi connectivity index (χ1n) is 14.2. The molecule has 5 aliphatic rings. The number of aliphatic hydroxyl groups excluding tert-OH is 1. The first-order valence-corrected chi connectivity index (χ1v) is 14.2. The van der Waals surface area contributed by atoms with Gasteiger partial charge in [0.05, 0.1) is 6.10 Å². The minimum atomic E-state index is -0.0854. The van der Waals surface area contributed by atoms with Crippen LogP contribution in [-0.2, 0) is 0 Å². The lowest BCUT2D eigenvalue weighted by Gasteiger charge is -2.63. The monoisotopic (exact) mass is 440 g/mol. The van der Waals surface area contributed by atoms with E-state index in [-0.39, 0.29) is 11.5 Å². The molecule has 0 aromatic carbocycles. The van der Waals surface area contributed by atoms with Gasteiger partial charge in [-0.1, -0.05) is 45.8 Å². The van der Waals surface area contributed by atoms with Gasteiger partial charge in [0.2, 0.25) is 0 Å². The topological polar surface area (TPSA) is 20.2 Å². The van der Waals surface area contributed by atoms with Crippen molar-refractivity contribution in [2.24, 2.45) is 50.7 Å². The van der Waals surface area contributed by atoms with E-state index >= 15 is 0 Å². The normalized spacial score (nSPS) is 51.7. The maximum Gasteiger partial charge on any atom is 0.0594 e. The lowest BCUT2D eigenvalue weighted by Crippen LogP contribution is -2.57. The molecule has 5 saturated carbocycles. The van der Waals surface area contributed by atoms with Gasteiger partial charge in [-0.15, -0.1) is 0 Å². The van der Waals surface area contributed by atoms with Crippen molar-refractivity contribution in [1.82, 2.24) is 0 Å². The fourth-order valence-electron chi connectivity index (χ4n) is 11.2. The Morgan fingerprint density at radius 3 is 2.16 bits per heavy atom. The predicted molar refractivity (Wildman–Crippen MR) is 135 cm³/mol. The van der Waals surface area contributed by atoms with Crippen LogP contribution in [0.2, 0.25) is 0 Å². The van der Waals surface area contributed by atoms with Crippen LogP contribution in [0.3, 0.4) is 0 Å². The van der Waals surface area contributed by atoms with E-state index in [2.05, 4.69) is 55.4 Å². The number of hydrogen-bond donors (Lipinski definition) is 1. The van der Waals surface area contributed by atoms with Crippen LogP contribution in [0.5, 0.6) is 0 Å². The minimum absolute atomic E-state index is 0.0854. The summed E-state index contributed by atoms with van der Waals surface area (Å²) in [6, 6.07) is 0. The molecule has 182 valence electrons. The fraction of sp³-hybridized carbons (Fsp3) is 0.935. The van der Waals surface area contributed by atoms with Crippen molar-refractivity contribution in [1.29, 1.82) is 0 Å². The molecule has 0 radical (unpaired) electrons. The van der Waals surface area contributed by atoms with Crippen molar-refractivity contribution in [3.8, 4) is 0 Å². The zero-order valence-electron chi connectivity index (χ0n) is 22.6. The summed E-state index contributed by atoms with van der Waals surface area (Å²) in [5.41, 5.74) is 5.52. The van der Waals surface area contributed by atoms with E-state index in [1.807, 2.05) is 0 Å². The van der Waals surface area contributed by atoms with Crippen molar-refractivity contribution in [3.05, 3.63) is 11.1 Å². The average Bonchev–Trinajstić information content (AvgIpc) is 3.31. The summed E-state index contributed by atoms with van der Waals surface area (Å²) in [7, 11) is 0. The Hall–Kier alpha value is -0.300. The second kappa shape index (κ2) is 7.11. The molecule has 32 heavy (non-hydrogen) atoms. The van der Waals surface area contributed by atoms with Crippen molar-refractivity contribution >= 4 is 0 Å². The van der Waals surface area contributed by atoms with Crippen molar-refractivity contribution < 1.29 is 5.11 Å². The highest BCUT2D eigenvalue weighted by molar-refractivity contribution is 5.30. The maximum atomic E-state index is 10.9. The number of aliphatic hydroxyl groups is 1. The van der Waals surface area contributed by atoms with Gasteiger partial charge in [-0.2, -0.15) is 0 Å². The Labute approximate surface area is 199 Å². The molecular formula is C31H52O. The summed E-state index contributed by atoms with van der Waals surface area (Å²) in [6.07, 6.45) is 15.2. The molecule has 0 saturated heterocycles. The summed E-state index contributed by atoms with van der Waals surface area (Å²) >= 11 is 0. The van der Waals surface area contributed by atoms with Crippen LogP contribution in [0.25, 0.3) is 0 Å². The van der Waals surface area contributed by atoms with Crippen LogP contribution in [0, 0.1) is 50.7 Å². The van der Waals surface area contributed by atoms with Crippen LogP contribution in [0.15, 0.2) is 11.1 Å². The molecular weight excluding hydrogens is 388 g/mol. The summed E-state index contributed by atoms with van der Waals surface area (Å²) in [4.78, 5) is 0. The van der Waals surface area contributed by atoms with Crippen molar-refractivity contribution in [3.63, 3.8) is 0 Å². The molecule has 0 heterocycles. The second-order valence-corrected chi connectivity index (χ2v) is 14.8. The Morgan fingerprint density at radius 1 is 0.812 bits per heavy atom. The third kappa shape index (κ3) is 2.73. The quantitative estimate of drug-likeness (QED) is 0.434. The van der Waals surface area contributed by atoms with E-state index in [1.165, 1.54) is 69.8 Å². The molecule has 1 nitrogen and oxygen atoms in total. The Balaban J connectivity index is 1.40. The fourth-order valence-corrected chi connectivity index (χ4v) is 11.2. The number of rotatable bonds is 4. The molecule has 0 aliphatic heterocycles. The van der Waals surface area contributed by atoms with E-state index in [0.29, 0.717) is 21.7 Å².